The summed E-state index contributed by atoms with van der Waals surface area (Å²) in [7, 11) is 0. The molecule has 4 heteroatoms. The van der Waals surface area contributed by atoms with Gasteiger partial charge in [-0.1, -0.05) is 31.9 Å². The third kappa shape index (κ3) is 4.29. The van der Waals surface area contributed by atoms with Crippen LogP contribution >= 0.6 is 22.9 Å². The Kier molecular flexibility index (Phi) is 6.22. The molecule has 0 spiro atoms. The zero-order chi connectivity index (χ0) is 15.2. The molecule has 0 aliphatic carbocycles. The second-order valence-corrected chi connectivity index (χ2v) is 6.64. The molecule has 1 N–H and O–H groups in total. The Morgan fingerprint density at radius 2 is 2.00 bits per heavy atom. The van der Waals surface area contributed by atoms with E-state index < -0.39 is 0 Å². The van der Waals surface area contributed by atoms with Crippen molar-refractivity contribution in [2.75, 3.05) is 6.54 Å². The van der Waals surface area contributed by atoms with Crippen LogP contribution in [0.4, 0.5) is 4.39 Å². The van der Waals surface area contributed by atoms with Gasteiger partial charge in [-0.2, -0.15) is 0 Å². The molecule has 1 heterocycles. The molecular formula is C17H21ClFNS. The van der Waals surface area contributed by atoms with Crippen LogP contribution in [0.2, 0.25) is 5.02 Å². The lowest BCUT2D eigenvalue weighted by Crippen LogP contribution is -2.21. The molecule has 0 fully saturated rings. The fourth-order valence-corrected chi connectivity index (χ4v) is 3.75. The molecule has 114 valence electrons. The first kappa shape index (κ1) is 16.5. The van der Waals surface area contributed by atoms with E-state index in [1.54, 1.807) is 17.4 Å². The second-order valence-electron chi connectivity index (χ2n) is 5.12. The average molecular weight is 326 g/mol. The summed E-state index contributed by atoms with van der Waals surface area (Å²) in [5.74, 6) is -0.251. The number of nitrogens with one attached hydrogen (secondary N) is 1. The van der Waals surface area contributed by atoms with Crippen molar-refractivity contribution in [3.63, 3.8) is 0 Å². The maximum Gasteiger partial charge on any atom is 0.123 e. The molecule has 0 bridgehead atoms. The lowest BCUT2D eigenvalue weighted by Gasteiger charge is -2.16. The van der Waals surface area contributed by atoms with Crippen LogP contribution in [0.1, 0.15) is 44.0 Å². The first-order valence-electron chi connectivity index (χ1n) is 7.44. The molecule has 0 radical (unpaired) electrons. The number of benzene rings is 1. The molecule has 0 saturated carbocycles. The summed E-state index contributed by atoms with van der Waals surface area (Å²) in [6, 6.07) is 9.06. The van der Waals surface area contributed by atoms with Crippen LogP contribution in [0.25, 0.3) is 10.4 Å². The summed E-state index contributed by atoms with van der Waals surface area (Å²) in [4.78, 5) is 2.31. The highest BCUT2D eigenvalue weighted by Crippen LogP contribution is 2.36. The van der Waals surface area contributed by atoms with Crippen molar-refractivity contribution >= 4 is 22.9 Å². The Hall–Kier alpha value is -0.900. The highest BCUT2D eigenvalue weighted by atomic mass is 35.5. The quantitative estimate of drug-likeness (QED) is 0.653. The van der Waals surface area contributed by atoms with Crippen LogP contribution in [0, 0.1) is 5.82 Å². The Labute approximate surface area is 135 Å². The van der Waals surface area contributed by atoms with E-state index >= 15 is 0 Å². The summed E-state index contributed by atoms with van der Waals surface area (Å²) < 4.78 is 13.4. The highest BCUT2D eigenvalue weighted by molar-refractivity contribution is 7.15. The van der Waals surface area contributed by atoms with E-state index in [0.29, 0.717) is 11.1 Å². The fraction of sp³-hybridized carbons (Fsp3) is 0.412. The van der Waals surface area contributed by atoms with Crippen LogP contribution in [-0.4, -0.2) is 6.54 Å². The summed E-state index contributed by atoms with van der Waals surface area (Å²) in [5, 5.41) is 4.18. The number of rotatable bonds is 7. The normalized spacial score (nSPS) is 12.6. The van der Waals surface area contributed by atoms with E-state index in [9.17, 15) is 4.39 Å². The minimum absolute atomic E-state index is 0.251. The molecule has 0 aliphatic heterocycles. The first-order valence-corrected chi connectivity index (χ1v) is 8.63. The standard InChI is InChI=1S/C17H21ClFNS/c1-3-5-15(20-10-4-2)17-9-8-16(21-17)13-11-12(19)6-7-14(13)18/h6-9,11,15,20H,3-5,10H2,1-2H3. The van der Waals surface area contributed by atoms with Crippen LogP contribution in [0.15, 0.2) is 30.3 Å². The number of halogens is 2. The van der Waals surface area contributed by atoms with Crippen molar-refractivity contribution in [1.29, 1.82) is 0 Å². The smallest absolute Gasteiger partial charge is 0.123 e. The van der Waals surface area contributed by atoms with Crippen molar-refractivity contribution in [1.82, 2.24) is 5.32 Å². The summed E-state index contributed by atoms with van der Waals surface area (Å²) >= 11 is 7.88. The Morgan fingerprint density at radius 3 is 2.71 bits per heavy atom. The lowest BCUT2D eigenvalue weighted by atomic mass is 10.1. The summed E-state index contributed by atoms with van der Waals surface area (Å²) in [6.45, 7) is 5.37. The van der Waals surface area contributed by atoms with E-state index in [0.717, 1.165) is 36.2 Å². The maximum atomic E-state index is 13.4. The van der Waals surface area contributed by atoms with Gasteiger partial charge in [-0.05, 0) is 49.7 Å². The minimum atomic E-state index is -0.251. The number of thiophene rings is 1. The van der Waals surface area contributed by atoms with Gasteiger partial charge in [-0.3, -0.25) is 0 Å². The predicted molar refractivity (Wildman–Crippen MR) is 90.7 cm³/mol. The fourth-order valence-electron chi connectivity index (χ4n) is 2.32. The number of hydrogen-bond acceptors (Lipinski definition) is 2. The zero-order valence-corrected chi connectivity index (χ0v) is 14.0. The predicted octanol–water partition coefficient (Wildman–Crippen LogP) is 6.05. The van der Waals surface area contributed by atoms with Crippen molar-refractivity contribution in [2.24, 2.45) is 0 Å². The van der Waals surface area contributed by atoms with Gasteiger partial charge >= 0.3 is 0 Å². The van der Waals surface area contributed by atoms with Crippen molar-refractivity contribution in [3.05, 3.63) is 46.0 Å². The zero-order valence-electron chi connectivity index (χ0n) is 12.5. The maximum absolute atomic E-state index is 13.4. The molecule has 1 aromatic carbocycles. The third-order valence-corrected chi connectivity index (χ3v) is 4.94. The minimum Gasteiger partial charge on any atom is -0.309 e. The third-order valence-electron chi connectivity index (χ3n) is 3.38. The van der Waals surface area contributed by atoms with Gasteiger partial charge in [0, 0.05) is 26.4 Å². The van der Waals surface area contributed by atoms with Gasteiger partial charge in [-0.25, -0.2) is 4.39 Å². The Morgan fingerprint density at radius 1 is 1.19 bits per heavy atom. The monoisotopic (exact) mass is 325 g/mol. The Bertz CT molecular complexity index is 582. The largest absolute Gasteiger partial charge is 0.309 e. The van der Waals surface area contributed by atoms with Crippen molar-refractivity contribution in [2.45, 2.75) is 39.2 Å². The second kappa shape index (κ2) is 7.92. The molecule has 2 aromatic rings. The molecular weight excluding hydrogens is 305 g/mol. The van der Waals surface area contributed by atoms with E-state index in [1.165, 1.54) is 17.0 Å². The molecule has 1 nitrogen and oxygen atoms in total. The van der Waals surface area contributed by atoms with Gasteiger partial charge in [0.2, 0.25) is 0 Å². The number of hydrogen-bond donors (Lipinski definition) is 1. The van der Waals surface area contributed by atoms with Gasteiger partial charge in [-0.15, -0.1) is 11.3 Å². The molecule has 0 aliphatic rings. The average Bonchev–Trinajstić information content (AvgIpc) is 2.95. The van der Waals surface area contributed by atoms with Gasteiger partial charge in [0.05, 0.1) is 0 Å². The molecule has 2 rings (SSSR count). The molecule has 1 atom stereocenters. The van der Waals surface area contributed by atoms with Gasteiger partial charge in [0.25, 0.3) is 0 Å². The molecule has 0 amide bonds. The van der Waals surface area contributed by atoms with Gasteiger partial charge in [0.15, 0.2) is 0 Å². The van der Waals surface area contributed by atoms with Crippen molar-refractivity contribution in [3.8, 4) is 10.4 Å². The van der Waals surface area contributed by atoms with E-state index in [-0.39, 0.29) is 5.82 Å². The van der Waals surface area contributed by atoms with Crippen LogP contribution in [0.5, 0.6) is 0 Å². The van der Waals surface area contributed by atoms with Crippen LogP contribution < -0.4 is 5.32 Å². The van der Waals surface area contributed by atoms with Crippen LogP contribution in [0.3, 0.4) is 0 Å². The highest BCUT2D eigenvalue weighted by Gasteiger charge is 2.14. The van der Waals surface area contributed by atoms with Crippen molar-refractivity contribution < 1.29 is 4.39 Å². The molecule has 1 aromatic heterocycles. The van der Waals surface area contributed by atoms with Crippen LogP contribution in [-0.2, 0) is 0 Å². The summed E-state index contributed by atoms with van der Waals surface area (Å²) in [5.41, 5.74) is 0.777. The van der Waals surface area contributed by atoms with Gasteiger partial charge < -0.3 is 5.32 Å². The lowest BCUT2D eigenvalue weighted by molar-refractivity contribution is 0.501. The van der Waals surface area contributed by atoms with E-state index in [4.69, 9.17) is 11.6 Å². The SMILES string of the molecule is CCCNC(CCC)c1ccc(-c2cc(F)ccc2Cl)s1. The topological polar surface area (TPSA) is 12.0 Å². The first-order chi connectivity index (χ1) is 10.2. The van der Waals surface area contributed by atoms with Gasteiger partial charge in [0.1, 0.15) is 5.82 Å². The Balaban J connectivity index is 2.24. The summed E-state index contributed by atoms with van der Waals surface area (Å²) in [6.07, 6.45) is 3.36. The molecule has 0 saturated heterocycles. The van der Waals surface area contributed by atoms with E-state index in [2.05, 4.69) is 25.2 Å². The van der Waals surface area contributed by atoms with E-state index in [1.807, 2.05) is 6.07 Å². The molecule has 21 heavy (non-hydrogen) atoms. The molecule has 1 unspecified atom stereocenters.